The molecule has 0 radical (unpaired) electrons. The zero-order valence-corrected chi connectivity index (χ0v) is 18.1. The number of aliphatic hydroxyl groups excluding tert-OH is 3. The van der Waals surface area contributed by atoms with E-state index in [2.05, 4.69) is 20.3 Å². The van der Waals surface area contributed by atoms with E-state index in [1.807, 2.05) is 0 Å². The first-order valence-electron chi connectivity index (χ1n) is 8.57. The van der Waals surface area contributed by atoms with E-state index in [1.54, 1.807) is 11.4 Å². The molecule has 10 nitrogen and oxygen atoms in total. The number of hydrogen-bond acceptors (Lipinski definition) is 10. The van der Waals surface area contributed by atoms with Crippen LogP contribution in [0, 0.1) is 0 Å². The molecule has 2 unspecified atom stereocenters. The lowest BCUT2D eigenvalue weighted by Gasteiger charge is -2.41. The minimum absolute atomic E-state index is 0.147. The Balaban J connectivity index is 1.62. The molecule has 4 N–H and O–H groups in total. The van der Waals surface area contributed by atoms with Crippen molar-refractivity contribution in [3.05, 3.63) is 43.7 Å². The van der Waals surface area contributed by atoms with Gasteiger partial charge < -0.3 is 25.0 Å². The van der Waals surface area contributed by atoms with Gasteiger partial charge in [0.2, 0.25) is 0 Å². The minimum Gasteiger partial charge on any atom is -0.394 e. The van der Waals surface area contributed by atoms with Crippen LogP contribution in [0.2, 0.25) is 10.2 Å². The summed E-state index contributed by atoms with van der Waals surface area (Å²) in [4.78, 5) is 18.3. The standard InChI is InChI=1S/C16H15Cl2N5O5S2/c17-7-1-6(2-19-14(7)18)30-15-13(26)11(12(25)10(4-24)28-15)23-3-8(21-22-23)9-5-29-16(27)20-9/h1-3,5,10-13,15,24-26H,4H2,(H,20,27)/t10?,11-,12-,13?,15+/m0/s1. The van der Waals surface area contributed by atoms with Gasteiger partial charge in [-0.3, -0.25) is 4.79 Å². The van der Waals surface area contributed by atoms with E-state index in [0.29, 0.717) is 16.3 Å². The highest BCUT2D eigenvalue weighted by atomic mass is 35.5. The molecule has 5 atom stereocenters. The van der Waals surface area contributed by atoms with Crippen molar-refractivity contribution in [2.24, 2.45) is 0 Å². The predicted octanol–water partition coefficient (Wildman–Crippen LogP) is 1.17. The Morgan fingerprint density at radius 1 is 1.33 bits per heavy atom. The number of thiazole rings is 1. The lowest BCUT2D eigenvalue weighted by atomic mass is 9.97. The van der Waals surface area contributed by atoms with Gasteiger partial charge in [0, 0.05) is 16.5 Å². The van der Waals surface area contributed by atoms with E-state index in [9.17, 15) is 20.1 Å². The Bertz CT molecular complexity index is 1090. The van der Waals surface area contributed by atoms with Crippen LogP contribution in [0.5, 0.6) is 0 Å². The molecule has 1 saturated heterocycles. The quantitative estimate of drug-likeness (QED) is 0.386. The summed E-state index contributed by atoms with van der Waals surface area (Å²) >= 11 is 13.9. The molecular weight excluding hydrogens is 477 g/mol. The molecule has 4 rings (SSSR count). The minimum atomic E-state index is -1.26. The van der Waals surface area contributed by atoms with Gasteiger partial charge in [-0.05, 0) is 6.07 Å². The Morgan fingerprint density at radius 2 is 2.13 bits per heavy atom. The van der Waals surface area contributed by atoms with Crippen molar-refractivity contribution in [1.82, 2.24) is 25.0 Å². The van der Waals surface area contributed by atoms with Crippen LogP contribution in [0.1, 0.15) is 6.04 Å². The molecule has 3 aromatic rings. The Hall–Kier alpha value is -1.51. The van der Waals surface area contributed by atoms with Gasteiger partial charge in [0.1, 0.15) is 40.6 Å². The van der Waals surface area contributed by atoms with Crippen LogP contribution in [0.25, 0.3) is 11.4 Å². The lowest BCUT2D eigenvalue weighted by molar-refractivity contribution is -0.178. The number of nitrogens with one attached hydrogen (secondary N) is 1. The molecule has 3 aromatic heterocycles. The molecule has 160 valence electrons. The van der Waals surface area contributed by atoms with Crippen molar-refractivity contribution >= 4 is 46.3 Å². The number of thioether (sulfide) groups is 1. The number of ether oxygens (including phenoxy) is 1. The molecule has 0 aliphatic carbocycles. The maximum Gasteiger partial charge on any atom is 0.304 e. The van der Waals surface area contributed by atoms with E-state index >= 15 is 0 Å². The van der Waals surface area contributed by atoms with Crippen molar-refractivity contribution in [2.45, 2.75) is 34.7 Å². The second kappa shape index (κ2) is 8.93. The highest BCUT2D eigenvalue weighted by molar-refractivity contribution is 7.99. The number of rotatable bonds is 5. The number of halogens is 2. The van der Waals surface area contributed by atoms with Crippen LogP contribution in [-0.4, -0.2) is 70.6 Å². The van der Waals surface area contributed by atoms with Crippen molar-refractivity contribution in [3.8, 4) is 11.4 Å². The van der Waals surface area contributed by atoms with Gasteiger partial charge in [-0.25, -0.2) is 9.67 Å². The zero-order chi connectivity index (χ0) is 21.4. The van der Waals surface area contributed by atoms with Gasteiger partial charge in [0.15, 0.2) is 0 Å². The largest absolute Gasteiger partial charge is 0.394 e. The molecule has 30 heavy (non-hydrogen) atoms. The van der Waals surface area contributed by atoms with Crippen LogP contribution < -0.4 is 4.87 Å². The molecular formula is C16H15Cl2N5O5S2. The first-order chi connectivity index (χ1) is 14.4. The number of aliphatic hydroxyl groups is 3. The number of hydrogen-bond donors (Lipinski definition) is 4. The molecule has 4 heterocycles. The SMILES string of the molecule is O=c1[nH]c(-c2cn([C@@H]3C(O)[C@@H](Sc4cnc(Cl)c(Cl)c4)OC(CO)[C@@H]3O)nn2)cs1. The van der Waals surface area contributed by atoms with E-state index in [0.717, 1.165) is 23.1 Å². The predicted molar refractivity (Wildman–Crippen MR) is 111 cm³/mol. The molecule has 0 amide bonds. The maximum absolute atomic E-state index is 11.4. The average Bonchev–Trinajstić information content (AvgIpc) is 3.36. The number of aromatic amines is 1. The summed E-state index contributed by atoms with van der Waals surface area (Å²) in [6.07, 6.45) is -0.482. The fourth-order valence-corrected chi connectivity index (χ4v) is 5.01. The molecule has 1 aliphatic rings. The summed E-state index contributed by atoms with van der Waals surface area (Å²) in [5, 5.41) is 41.2. The average molecular weight is 492 g/mol. The van der Waals surface area contributed by atoms with E-state index < -0.39 is 36.4 Å². The summed E-state index contributed by atoms with van der Waals surface area (Å²) in [5.41, 5.74) is -0.0281. The fraction of sp³-hybridized carbons (Fsp3) is 0.375. The monoisotopic (exact) mass is 491 g/mol. The first kappa shape index (κ1) is 21.7. The molecule has 14 heteroatoms. The smallest absolute Gasteiger partial charge is 0.304 e. The highest BCUT2D eigenvalue weighted by Gasteiger charge is 2.46. The van der Waals surface area contributed by atoms with Crippen molar-refractivity contribution < 1.29 is 20.1 Å². The van der Waals surface area contributed by atoms with Gasteiger partial charge in [0.05, 0.1) is 23.5 Å². The summed E-state index contributed by atoms with van der Waals surface area (Å²) in [6, 6.07) is 0.613. The number of nitrogens with zero attached hydrogens (tertiary/aromatic N) is 4. The van der Waals surface area contributed by atoms with Crippen LogP contribution in [0.3, 0.4) is 0 Å². The van der Waals surface area contributed by atoms with Gasteiger partial charge in [-0.1, -0.05) is 51.5 Å². The fourth-order valence-electron chi connectivity index (χ4n) is 3.03. The van der Waals surface area contributed by atoms with Gasteiger partial charge in [-0.2, -0.15) is 0 Å². The second-order valence-corrected chi connectivity index (χ2v) is 9.18. The second-order valence-electron chi connectivity index (χ2n) is 6.40. The summed E-state index contributed by atoms with van der Waals surface area (Å²) < 4.78 is 6.98. The highest BCUT2D eigenvalue weighted by Crippen LogP contribution is 2.39. The van der Waals surface area contributed by atoms with Crippen molar-refractivity contribution in [2.75, 3.05) is 6.61 Å². The summed E-state index contributed by atoms with van der Waals surface area (Å²) in [5.74, 6) is 0. The molecule has 0 bridgehead atoms. The number of aromatic nitrogens is 5. The Kier molecular flexibility index (Phi) is 6.46. The lowest BCUT2D eigenvalue weighted by Crippen LogP contribution is -2.55. The van der Waals surface area contributed by atoms with Crippen LogP contribution in [0.15, 0.2) is 33.5 Å². The third kappa shape index (κ3) is 4.27. The van der Waals surface area contributed by atoms with Crippen LogP contribution in [-0.2, 0) is 4.74 Å². The topological polar surface area (TPSA) is 146 Å². The summed E-state index contributed by atoms with van der Waals surface area (Å²) in [7, 11) is 0. The van der Waals surface area contributed by atoms with Crippen molar-refractivity contribution in [3.63, 3.8) is 0 Å². The van der Waals surface area contributed by atoms with E-state index in [4.69, 9.17) is 27.9 Å². The van der Waals surface area contributed by atoms with E-state index in [1.165, 1.54) is 17.1 Å². The molecule has 1 fully saturated rings. The Morgan fingerprint density at radius 3 is 2.80 bits per heavy atom. The zero-order valence-electron chi connectivity index (χ0n) is 14.9. The Labute approximate surface area is 187 Å². The first-order valence-corrected chi connectivity index (χ1v) is 11.1. The van der Waals surface area contributed by atoms with Crippen LogP contribution in [0.4, 0.5) is 0 Å². The van der Waals surface area contributed by atoms with Gasteiger partial charge in [-0.15, -0.1) is 5.10 Å². The maximum atomic E-state index is 11.4. The van der Waals surface area contributed by atoms with Crippen molar-refractivity contribution in [1.29, 1.82) is 0 Å². The molecule has 0 spiro atoms. The van der Waals surface area contributed by atoms with E-state index in [-0.39, 0.29) is 15.0 Å². The molecule has 0 saturated carbocycles. The van der Waals surface area contributed by atoms with Gasteiger partial charge >= 0.3 is 4.87 Å². The summed E-state index contributed by atoms with van der Waals surface area (Å²) in [6.45, 7) is -0.472. The third-order valence-corrected chi connectivity index (χ3v) is 6.96. The van der Waals surface area contributed by atoms with Crippen LogP contribution >= 0.6 is 46.3 Å². The number of H-pyrrole nitrogens is 1. The normalized spacial score (nSPS) is 26.8. The molecule has 0 aromatic carbocycles. The van der Waals surface area contributed by atoms with Gasteiger partial charge in [0.25, 0.3) is 0 Å². The third-order valence-electron chi connectivity index (χ3n) is 4.48. The molecule has 1 aliphatic heterocycles. The number of pyridine rings is 1.